The molecule has 1 aromatic carbocycles. The Kier molecular flexibility index (Phi) is 4.46. The van der Waals surface area contributed by atoms with Crippen molar-refractivity contribution in [2.75, 3.05) is 13.7 Å². The van der Waals surface area contributed by atoms with E-state index in [0.717, 1.165) is 29.5 Å². The minimum Gasteiger partial charge on any atom is -0.481 e. The Morgan fingerprint density at radius 1 is 1.26 bits per heavy atom. The Morgan fingerprint density at radius 3 is 2.74 bits per heavy atom. The molecule has 0 atom stereocenters. The molecule has 31 heavy (non-hydrogen) atoms. The molecule has 8 nitrogen and oxygen atoms in total. The molecule has 160 valence electrons. The van der Waals surface area contributed by atoms with Crippen LogP contribution < -0.4 is 10.1 Å². The van der Waals surface area contributed by atoms with Crippen LogP contribution in [0.25, 0.3) is 16.8 Å². The van der Waals surface area contributed by atoms with Crippen molar-refractivity contribution < 1.29 is 19.1 Å². The summed E-state index contributed by atoms with van der Waals surface area (Å²) in [6, 6.07) is 9.35. The van der Waals surface area contributed by atoms with Gasteiger partial charge in [-0.15, -0.1) is 5.10 Å². The summed E-state index contributed by atoms with van der Waals surface area (Å²) in [6.07, 6.45) is 1.45. The third kappa shape index (κ3) is 3.13. The maximum Gasteiger partial charge on any atom is 0.338 e. The molecule has 1 fully saturated rings. The number of nitrogens with zero attached hydrogens (tertiary/aromatic N) is 3. The number of carbonyl (C=O) groups is 2. The number of amides is 1. The molecular weight excluding hydrogens is 396 g/mol. The topological polar surface area (TPSA) is 94.8 Å². The van der Waals surface area contributed by atoms with E-state index in [1.54, 1.807) is 17.7 Å². The van der Waals surface area contributed by atoms with Crippen molar-refractivity contribution >= 4 is 17.5 Å². The van der Waals surface area contributed by atoms with Gasteiger partial charge in [0.1, 0.15) is 12.0 Å². The van der Waals surface area contributed by atoms with E-state index in [0.29, 0.717) is 35.4 Å². The number of rotatable bonds is 6. The van der Waals surface area contributed by atoms with Gasteiger partial charge in [0.2, 0.25) is 11.8 Å². The predicted octanol–water partition coefficient (Wildman–Crippen LogP) is 2.88. The number of aromatic nitrogens is 3. The fourth-order valence-electron chi connectivity index (χ4n) is 3.97. The van der Waals surface area contributed by atoms with Gasteiger partial charge in [-0.2, -0.15) is 4.52 Å². The predicted molar refractivity (Wildman–Crippen MR) is 113 cm³/mol. The molecule has 0 bridgehead atoms. The first-order valence-electron chi connectivity index (χ1n) is 10.5. The highest BCUT2D eigenvalue weighted by atomic mass is 16.5. The summed E-state index contributed by atoms with van der Waals surface area (Å²) in [4.78, 5) is 29.5. The van der Waals surface area contributed by atoms with Crippen LogP contribution in [-0.4, -0.2) is 40.1 Å². The zero-order valence-electron chi connectivity index (χ0n) is 17.8. The van der Waals surface area contributed by atoms with Crippen LogP contribution in [0.1, 0.15) is 48.4 Å². The minimum atomic E-state index is -0.679. The molecule has 0 saturated heterocycles. The number of cyclic esters (lactones) is 1. The molecule has 1 aliphatic carbocycles. The van der Waals surface area contributed by atoms with Crippen molar-refractivity contribution in [1.29, 1.82) is 0 Å². The molecule has 3 aromatic rings. The van der Waals surface area contributed by atoms with Crippen LogP contribution in [0.15, 0.2) is 30.3 Å². The van der Waals surface area contributed by atoms with Gasteiger partial charge in [-0.25, -0.2) is 9.78 Å². The summed E-state index contributed by atoms with van der Waals surface area (Å²) in [5.41, 5.74) is 3.12. The fourth-order valence-corrected chi connectivity index (χ4v) is 3.97. The quantitative estimate of drug-likeness (QED) is 0.616. The zero-order chi connectivity index (χ0) is 21.8. The van der Waals surface area contributed by atoms with Crippen LogP contribution >= 0.6 is 0 Å². The molecule has 1 saturated carbocycles. The van der Waals surface area contributed by atoms with Crippen LogP contribution in [0.2, 0.25) is 0 Å². The van der Waals surface area contributed by atoms with Crippen molar-refractivity contribution in [3.05, 3.63) is 47.3 Å². The molecule has 5 rings (SSSR count). The third-order valence-corrected chi connectivity index (χ3v) is 5.94. The second-order valence-corrected chi connectivity index (χ2v) is 8.59. The van der Waals surface area contributed by atoms with Crippen LogP contribution in [0.4, 0.5) is 0 Å². The van der Waals surface area contributed by atoms with Crippen molar-refractivity contribution in [2.24, 2.45) is 5.92 Å². The lowest BCUT2D eigenvalue weighted by atomic mass is 10.0. The Balaban J connectivity index is 1.59. The van der Waals surface area contributed by atoms with E-state index in [1.165, 1.54) is 0 Å². The first kappa shape index (κ1) is 19.5. The molecule has 1 aliphatic heterocycles. The maximum absolute atomic E-state index is 12.9. The summed E-state index contributed by atoms with van der Waals surface area (Å²) >= 11 is 0. The number of benzene rings is 1. The number of hydrogen-bond donors (Lipinski definition) is 1. The number of hydrogen-bond acceptors (Lipinski definition) is 6. The number of fused-ring (bicyclic) bond motifs is 2. The van der Waals surface area contributed by atoms with E-state index in [1.807, 2.05) is 24.3 Å². The second-order valence-electron chi connectivity index (χ2n) is 8.59. The monoisotopic (exact) mass is 420 g/mol. The molecular formula is C23H24N4O4. The summed E-state index contributed by atoms with van der Waals surface area (Å²) in [6.45, 7) is 5.02. The first-order valence-corrected chi connectivity index (χ1v) is 10.5. The highest BCUT2D eigenvalue weighted by Crippen LogP contribution is 2.47. The lowest BCUT2D eigenvalue weighted by molar-refractivity contribution is -0.123. The number of carbonyl (C=O) groups excluding carboxylic acids is 2. The Morgan fingerprint density at radius 2 is 2.03 bits per heavy atom. The van der Waals surface area contributed by atoms with Crippen LogP contribution in [0.3, 0.4) is 0 Å². The fraction of sp³-hybridized carbons (Fsp3) is 0.391. The minimum absolute atomic E-state index is 0.0224. The van der Waals surface area contributed by atoms with E-state index in [4.69, 9.17) is 14.5 Å². The van der Waals surface area contributed by atoms with Gasteiger partial charge in [-0.1, -0.05) is 19.9 Å². The van der Waals surface area contributed by atoms with Gasteiger partial charge in [0, 0.05) is 23.7 Å². The number of pyridine rings is 1. The van der Waals surface area contributed by atoms with E-state index in [-0.39, 0.29) is 18.5 Å². The van der Waals surface area contributed by atoms with Crippen molar-refractivity contribution in [1.82, 2.24) is 19.9 Å². The second kappa shape index (κ2) is 7.08. The van der Waals surface area contributed by atoms with E-state index in [2.05, 4.69) is 24.3 Å². The van der Waals surface area contributed by atoms with Crippen molar-refractivity contribution in [2.45, 2.75) is 38.7 Å². The van der Waals surface area contributed by atoms with Crippen molar-refractivity contribution in [3.8, 4) is 17.0 Å². The van der Waals surface area contributed by atoms with Gasteiger partial charge in [-0.05, 0) is 42.5 Å². The number of ether oxygens (including phenoxy) is 2. The van der Waals surface area contributed by atoms with Gasteiger partial charge in [0.25, 0.3) is 0 Å². The van der Waals surface area contributed by atoms with Crippen LogP contribution in [0.5, 0.6) is 5.88 Å². The standard InChI is InChI=1S/C23H24N4O4/c1-13(2)11-24-22(29)23(8-9-23)21-25-19-16(6-7-18(30-3)27(19)26-21)14-4-5-17-15(10-14)12-31-20(17)28/h4-7,10,13H,8-9,11-12H2,1-3H3,(H,24,29). The smallest absolute Gasteiger partial charge is 0.338 e. The molecule has 2 aromatic heterocycles. The number of nitrogens with one attached hydrogen (secondary N) is 1. The summed E-state index contributed by atoms with van der Waals surface area (Å²) in [7, 11) is 1.58. The van der Waals surface area contributed by atoms with Crippen molar-refractivity contribution in [3.63, 3.8) is 0 Å². The molecule has 0 unspecified atom stereocenters. The normalized spacial score (nSPS) is 16.3. The van der Waals surface area contributed by atoms with Gasteiger partial charge < -0.3 is 14.8 Å². The van der Waals surface area contributed by atoms with Gasteiger partial charge in [-0.3, -0.25) is 4.79 Å². The number of methoxy groups -OCH3 is 1. The molecule has 0 radical (unpaired) electrons. The van der Waals surface area contributed by atoms with Gasteiger partial charge in [0.05, 0.1) is 12.7 Å². The third-order valence-electron chi connectivity index (χ3n) is 5.94. The lowest BCUT2D eigenvalue weighted by Crippen LogP contribution is -2.37. The maximum atomic E-state index is 12.9. The highest BCUT2D eigenvalue weighted by Gasteiger charge is 2.54. The molecule has 2 aliphatic rings. The Bertz CT molecular complexity index is 1210. The summed E-state index contributed by atoms with van der Waals surface area (Å²) < 4.78 is 12.3. The SMILES string of the molecule is COc1ccc(-c2ccc3c(c2)COC3=O)c2nc(C3(C(=O)NCC(C)C)CC3)nn12. The van der Waals surface area contributed by atoms with E-state index in [9.17, 15) is 9.59 Å². The molecule has 0 spiro atoms. The van der Waals surface area contributed by atoms with E-state index >= 15 is 0 Å². The largest absolute Gasteiger partial charge is 0.481 e. The molecule has 1 N–H and O–H groups in total. The average Bonchev–Trinajstić information content (AvgIpc) is 3.32. The first-order chi connectivity index (χ1) is 14.9. The molecule has 1 amide bonds. The number of esters is 1. The highest BCUT2D eigenvalue weighted by molar-refractivity contribution is 5.95. The molecule has 3 heterocycles. The van der Waals surface area contributed by atoms with Gasteiger partial charge in [0.15, 0.2) is 11.5 Å². The van der Waals surface area contributed by atoms with Gasteiger partial charge >= 0.3 is 5.97 Å². The zero-order valence-corrected chi connectivity index (χ0v) is 17.8. The van der Waals surface area contributed by atoms with E-state index < -0.39 is 5.41 Å². The summed E-state index contributed by atoms with van der Waals surface area (Å²) in [5, 5.41) is 7.71. The molecule has 8 heteroatoms. The Labute approximate surface area is 179 Å². The Hall–Kier alpha value is -3.42. The lowest BCUT2D eigenvalue weighted by Gasteiger charge is -2.13. The summed E-state index contributed by atoms with van der Waals surface area (Å²) in [5.74, 6) is 1.10. The van der Waals surface area contributed by atoms with Crippen LogP contribution in [-0.2, 0) is 21.6 Å². The van der Waals surface area contributed by atoms with Crippen LogP contribution in [0, 0.1) is 5.92 Å². The average molecular weight is 420 g/mol.